The molecule has 0 radical (unpaired) electrons. The van der Waals surface area contributed by atoms with Crippen LogP contribution in [0.1, 0.15) is 252 Å². The van der Waals surface area contributed by atoms with E-state index in [1.54, 1.807) is 0 Å². The van der Waals surface area contributed by atoms with Crippen LogP contribution in [0.5, 0.6) is 0 Å². The summed E-state index contributed by atoms with van der Waals surface area (Å²) in [6, 6.07) is -0.894. The summed E-state index contributed by atoms with van der Waals surface area (Å²) in [4.78, 5) is 39.7. The Morgan fingerprint density at radius 3 is 1.42 bits per heavy atom. The van der Waals surface area contributed by atoms with Gasteiger partial charge in [-0.15, -0.1) is 0 Å². The smallest absolute Gasteiger partial charge is 0.306 e. The Labute approximate surface area is 414 Å². The van der Waals surface area contributed by atoms with E-state index >= 15 is 0 Å². The molecular weight excluding hydrogens is 856 g/mol. The zero-order valence-corrected chi connectivity index (χ0v) is 45.5. The number of hydrogen-bond acceptors (Lipinski definition) is 7. The van der Waals surface area contributed by atoms with Crippen LogP contribution < -0.4 is 10.2 Å². The summed E-state index contributed by atoms with van der Waals surface area (Å²) in [6.07, 6.45) is 56.5. The molecule has 9 nitrogen and oxygen atoms in total. The Kier molecular flexibility index (Phi) is 46.2. The molecule has 0 heterocycles. The molecule has 67 heavy (non-hydrogen) atoms. The van der Waals surface area contributed by atoms with Crippen LogP contribution in [-0.2, 0) is 27.9 Å². The third-order valence-corrected chi connectivity index (χ3v) is 13.3. The molecule has 0 spiro atoms. The number of quaternary nitrogens is 1. The van der Waals surface area contributed by atoms with Crippen molar-refractivity contribution in [1.29, 1.82) is 0 Å². The summed E-state index contributed by atoms with van der Waals surface area (Å²) in [7, 11) is 1.17. The minimum Gasteiger partial charge on any atom is -0.756 e. The molecule has 0 aromatic heterocycles. The van der Waals surface area contributed by atoms with Crippen molar-refractivity contribution in [3.05, 3.63) is 48.6 Å². The number of esters is 1. The second-order valence-corrected chi connectivity index (χ2v) is 21.5. The van der Waals surface area contributed by atoms with Gasteiger partial charge in [0.25, 0.3) is 7.82 Å². The van der Waals surface area contributed by atoms with E-state index in [-0.39, 0.29) is 24.9 Å². The van der Waals surface area contributed by atoms with Crippen molar-refractivity contribution in [2.75, 3.05) is 40.9 Å². The number of phosphoric acid groups is 1. The number of likely N-dealkylation sites (N-methyl/N-ethyl adjacent to an activating group) is 1. The van der Waals surface area contributed by atoms with Gasteiger partial charge in [0, 0.05) is 12.8 Å². The van der Waals surface area contributed by atoms with Gasteiger partial charge in [0.05, 0.1) is 33.8 Å². The Balaban J connectivity index is 5.32. The van der Waals surface area contributed by atoms with Crippen LogP contribution >= 0.6 is 7.82 Å². The molecule has 0 bridgehead atoms. The van der Waals surface area contributed by atoms with Gasteiger partial charge in [0.15, 0.2) is 0 Å². The number of ether oxygens (including phenoxy) is 1. The highest BCUT2D eigenvalue weighted by Crippen LogP contribution is 2.38. The Morgan fingerprint density at radius 2 is 0.955 bits per heavy atom. The Morgan fingerprint density at radius 1 is 0.537 bits per heavy atom. The first kappa shape index (κ1) is 65.0. The van der Waals surface area contributed by atoms with Gasteiger partial charge in [0.1, 0.15) is 19.3 Å². The molecule has 0 aromatic carbocycles. The Bertz CT molecular complexity index is 1290. The highest BCUT2D eigenvalue weighted by Gasteiger charge is 2.27. The lowest BCUT2D eigenvalue weighted by molar-refractivity contribution is -0.870. The molecule has 10 heteroatoms. The van der Waals surface area contributed by atoms with Crippen molar-refractivity contribution in [2.24, 2.45) is 0 Å². The van der Waals surface area contributed by atoms with Crippen molar-refractivity contribution in [3.63, 3.8) is 0 Å². The SMILES string of the molecule is CC/C=C/C=C/C=C\CCCCCCCC(=O)NC(COP(=O)([O-])OCC[N+](C)(C)C)C(/C=C/CCCCCCCCCCC)OC(=O)CCCCCCCCCCCCCCCCCCC. The highest BCUT2D eigenvalue weighted by molar-refractivity contribution is 7.45. The summed E-state index contributed by atoms with van der Waals surface area (Å²) in [5.74, 6) is -0.560. The van der Waals surface area contributed by atoms with E-state index in [1.807, 2.05) is 39.4 Å². The first-order valence-electron chi connectivity index (χ1n) is 28.0. The van der Waals surface area contributed by atoms with Gasteiger partial charge in [-0.25, -0.2) is 0 Å². The summed E-state index contributed by atoms with van der Waals surface area (Å²) >= 11 is 0. The zero-order valence-electron chi connectivity index (χ0n) is 44.6. The first-order valence-corrected chi connectivity index (χ1v) is 29.4. The molecule has 0 aromatic rings. The summed E-state index contributed by atoms with van der Waals surface area (Å²) in [5.41, 5.74) is 0. The van der Waals surface area contributed by atoms with Gasteiger partial charge in [-0.2, -0.15) is 0 Å². The maximum absolute atomic E-state index is 13.4. The largest absolute Gasteiger partial charge is 0.756 e. The fourth-order valence-corrected chi connectivity index (χ4v) is 8.72. The monoisotopic (exact) mass is 963 g/mol. The van der Waals surface area contributed by atoms with Crippen molar-refractivity contribution in [1.82, 2.24) is 5.32 Å². The minimum absolute atomic E-state index is 0.0261. The molecule has 0 rings (SSSR count). The predicted octanol–water partition coefficient (Wildman–Crippen LogP) is 15.9. The van der Waals surface area contributed by atoms with Crippen LogP contribution in [-0.4, -0.2) is 69.4 Å². The van der Waals surface area contributed by atoms with Gasteiger partial charge >= 0.3 is 5.97 Å². The lowest BCUT2D eigenvalue weighted by Gasteiger charge is -2.30. The lowest BCUT2D eigenvalue weighted by Crippen LogP contribution is -2.47. The maximum Gasteiger partial charge on any atom is 0.306 e. The van der Waals surface area contributed by atoms with Gasteiger partial charge in [0.2, 0.25) is 5.91 Å². The summed E-state index contributed by atoms with van der Waals surface area (Å²) < 4.78 is 30.2. The highest BCUT2D eigenvalue weighted by atomic mass is 31.2. The molecule has 0 saturated carbocycles. The molecule has 3 atom stereocenters. The number of unbranched alkanes of at least 4 members (excludes halogenated alkanes) is 30. The van der Waals surface area contributed by atoms with Crippen LogP contribution in [0.3, 0.4) is 0 Å². The van der Waals surface area contributed by atoms with Gasteiger partial charge < -0.3 is 28.5 Å². The molecule has 0 aliphatic heterocycles. The van der Waals surface area contributed by atoms with E-state index < -0.39 is 26.6 Å². The molecule has 1 amide bonds. The van der Waals surface area contributed by atoms with E-state index in [4.69, 9.17) is 13.8 Å². The van der Waals surface area contributed by atoms with Crippen LogP contribution in [0.4, 0.5) is 0 Å². The quantitative estimate of drug-likeness (QED) is 0.0161. The predicted molar refractivity (Wildman–Crippen MR) is 284 cm³/mol. The van der Waals surface area contributed by atoms with E-state index in [1.165, 1.54) is 135 Å². The Hall–Kier alpha value is -2.03. The average molecular weight is 963 g/mol. The number of carbonyl (C=O) groups is 2. The number of amides is 1. The molecule has 0 fully saturated rings. The lowest BCUT2D eigenvalue weighted by atomic mass is 10.0. The normalized spacial score (nSPS) is 14.2. The van der Waals surface area contributed by atoms with Gasteiger partial charge in [-0.3, -0.25) is 14.2 Å². The minimum atomic E-state index is -4.69. The number of allylic oxidation sites excluding steroid dienone is 7. The molecular formula is C57H107N2O7P. The second-order valence-electron chi connectivity index (χ2n) is 20.1. The molecule has 0 aliphatic rings. The fraction of sp³-hybridized carbons (Fsp3) is 0.825. The van der Waals surface area contributed by atoms with E-state index in [0.717, 1.165) is 77.0 Å². The molecule has 392 valence electrons. The molecule has 1 N–H and O–H groups in total. The summed E-state index contributed by atoms with van der Waals surface area (Å²) in [5, 5.41) is 3.00. The van der Waals surface area contributed by atoms with Crippen LogP contribution in [0.2, 0.25) is 0 Å². The average Bonchev–Trinajstić information content (AvgIpc) is 3.28. The maximum atomic E-state index is 13.4. The van der Waals surface area contributed by atoms with Crippen molar-refractivity contribution in [3.8, 4) is 0 Å². The van der Waals surface area contributed by atoms with Crippen LogP contribution in [0.25, 0.3) is 0 Å². The van der Waals surface area contributed by atoms with Gasteiger partial charge in [-0.1, -0.05) is 237 Å². The van der Waals surface area contributed by atoms with E-state index in [2.05, 4.69) is 56.5 Å². The van der Waals surface area contributed by atoms with E-state index in [9.17, 15) is 19.0 Å². The van der Waals surface area contributed by atoms with Gasteiger partial charge in [-0.05, 0) is 51.0 Å². The second kappa shape index (κ2) is 47.6. The van der Waals surface area contributed by atoms with E-state index in [0.29, 0.717) is 23.9 Å². The fourth-order valence-electron chi connectivity index (χ4n) is 7.99. The first-order chi connectivity index (χ1) is 32.4. The number of carbonyl (C=O) groups excluding carboxylic acids is 2. The van der Waals surface area contributed by atoms with Crippen molar-refractivity contribution in [2.45, 2.75) is 264 Å². The molecule has 3 unspecified atom stereocenters. The zero-order chi connectivity index (χ0) is 49.4. The standard InChI is InChI=1S/C57H107N2O7P/c1-7-10-13-16-19-22-25-27-28-29-30-32-35-38-41-44-47-50-57(61)66-55(48-45-42-39-36-33-24-21-18-15-12-9-3)54(53-65-67(62,63)64-52-51-59(4,5)6)58-56(60)49-46-43-40-37-34-31-26-23-20-17-14-11-8-2/h11,14,17,20,23,26,45,48,54-55H,7-10,12-13,15-16,18-19,21-22,24-25,27-44,46-47,49-53H2,1-6H3,(H-,58,60,62,63)/b14-11+,20-17+,26-23-,48-45+. The number of nitrogens with zero attached hydrogens (tertiary/aromatic N) is 1. The number of hydrogen-bond donors (Lipinski definition) is 1. The topological polar surface area (TPSA) is 114 Å². The number of nitrogens with one attached hydrogen (secondary N) is 1. The molecule has 0 aliphatic carbocycles. The molecule has 0 saturated heterocycles. The van der Waals surface area contributed by atoms with Crippen LogP contribution in [0, 0.1) is 0 Å². The number of rotatable bonds is 50. The summed E-state index contributed by atoms with van der Waals surface area (Å²) in [6.45, 7) is 6.69. The van der Waals surface area contributed by atoms with Crippen LogP contribution in [0.15, 0.2) is 48.6 Å². The van der Waals surface area contributed by atoms with Crippen molar-refractivity contribution >= 4 is 19.7 Å². The third-order valence-electron chi connectivity index (χ3n) is 12.3. The van der Waals surface area contributed by atoms with Crippen molar-refractivity contribution < 1.29 is 37.3 Å². The number of phosphoric ester groups is 1. The third kappa shape index (κ3) is 48.8.